The Balaban J connectivity index is 1.14. The lowest BCUT2D eigenvalue weighted by molar-refractivity contribution is 1.01. The predicted molar refractivity (Wildman–Crippen MR) is 252 cm³/mol. The van der Waals surface area contributed by atoms with Crippen molar-refractivity contribution in [1.29, 1.82) is 0 Å². The number of hydrogen-bond donors (Lipinski definition) is 0. The van der Waals surface area contributed by atoms with E-state index in [2.05, 4.69) is 215 Å². The fourth-order valence-corrected chi connectivity index (χ4v) is 9.78. The SMILES string of the molecule is c1ccc(-c2ccc(-c3nc(-n4c5ccccc5c5cc6c7c8ccc9ccccc9c8ccc7n(-c7cccc8ccccc78)c6cc54)nc4ccccc34)cc2)cc1. The van der Waals surface area contributed by atoms with Gasteiger partial charge in [0.2, 0.25) is 5.95 Å². The van der Waals surface area contributed by atoms with Crippen LogP contribution in [0.5, 0.6) is 0 Å². The van der Waals surface area contributed by atoms with Crippen molar-refractivity contribution in [2.75, 3.05) is 0 Å². The molecule has 0 spiro atoms. The van der Waals surface area contributed by atoms with Gasteiger partial charge >= 0.3 is 0 Å². The molecule has 3 aromatic heterocycles. The Bertz CT molecular complexity index is 3870. The summed E-state index contributed by atoms with van der Waals surface area (Å²) < 4.78 is 4.75. The smallest absolute Gasteiger partial charge is 0.235 e. The Hall–Kier alpha value is -8.08. The molecule has 60 heavy (non-hydrogen) atoms. The van der Waals surface area contributed by atoms with Crippen LogP contribution in [0.4, 0.5) is 0 Å². The summed E-state index contributed by atoms with van der Waals surface area (Å²) in [6, 6.07) is 74.4. The monoisotopic (exact) mass is 762 g/mol. The number of rotatable bonds is 4. The quantitative estimate of drug-likeness (QED) is 0.167. The molecule has 3 heterocycles. The maximum atomic E-state index is 5.48. The zero-order valence-corrected chi connectivity index (χ0v) is 32.4. The fourth-order valence-electron chi connectivity index (χ4n) is 9.78. The first-order valence-electron chi connectivity index (χ1n) is 20.5. The van der Waals surface area contributed by atoms with Crippen molar-refractivity contribution in [2.45, 2.75) is 0 Å². The highest BCUT2D eigenvalue weighted by molar-refractivity contribution is 6.28. The lowest BCUT2D eigenvalue weighted by Crippen LogP contribution is -2.03. The molecule has 4 nitrogen and oxygen atoms in total. The number of aromatic nitrogens is 4. The second kappa shape index (κ2) is 12.7. The Morgan fingerprint density at radius 1 is 0.300 bits per heavy atom. The summed E-state index contributed by atoms with van der Waals surface area (Å²) in [5.74, 6) is 0.645. The third-order valence-electron chi connectivity index (χ3n) is 12.5. The van der Waals surface area contributed by atoms with E-state index in [4.69, 9.17) is 9.97 Å². The van der Waals surface area contributed by atoms with E-state index in [1.165, 1.54) is 65.1 Å². The molecule has 4 heteroatoms. The number of fused-ring (bicyclic) bond motifs is 12. The molecule has 0 aliphatic carbocycles. The van der Waals surface area contributed by atoms with Crippen LogP contribution in [0.3, 0.4) is 0 Å². The highest BCUT2D eigenvalue weighted by Gasteiger charge is 2.23. The number of nitrogens with zero attached hydrogens (tertiary/aromatic N) is 4. The van der Waals surface area contributed by atoms with Crippen LogP contribution in [0.25, 0.3) is 121 Å². The van der Waals surface area contributed by atoms with Crippen LogP contribution >= 0.6 is 0 Å². The normalized spacial score (nSPS) is 12.0. The Labute approximate surface area is 344 Å². The lowest BCUT2D eigenvalue weighted by atomic mass is 9.98. The van der Waals surface area contributed by atoms with Gasteiger partial charge in [-0.15, -0.1) is 0 Å². The largest absolute Gasteiger partial charge is 0.309 e. The third kappa shape index (κ3) is 4.79. The summed E-state index contributed by atoms with van der Waals surface area (Å²) in [5, 5.41) is 13.3. The first kappa shape index (κ1) is 32.9. The van der Waals surface area contributed by atoms with Crippen molar-refractivity contribution in [2.24, 2.45) is 0 Å². The van der Waals surface area contributed by atoms with Gasteiger partial charge in [0.1, 0.15) is 0 Å². The summed E-state index contributed by atoms with van der Waals surface area (Å²) in [6.45, 7) is 0. The summed E-state index contributed by atoms with van der Waals surface area (Å²) in [4.78, 5) is 10.8. The molecular weight excluding hydrogens is 729 g/mol. The second-order valence-corrected chi connectivity index (χ2v) is 15.7. The predicted octanol–water partition coefficient (Wildman–Crippen LogP) is 14.6. The van der Waals surface area contributed by atoms with E-state index in [1.54, 1.807) is 0 Å². The molecule has 0 unspecified atom stereocenters. The topological polar surface area (TPSA) is 35.6 Å². The first-order valence-corrected chi connectivity index (χ1v) is 20.5. The van der Waals surface area contributed by atoms with E-state index in [-0.39, 0.29) is 0 Å². The van der Waals surface area contributed by atoms with Crippen molar-refractivity contribution >= 4 is 86.8 Å². The van der Waals surface area contributed by atoms with Crippen LogP contribution < -0.4 is 0 Å². The zero-order valence-electron chi connectivity index (χ0n) is 32.4. The van der Waals surface area contributed by atoms with Crippen LogP contribution in [-0.2, 0) is 0 Å². The van der Waals surface area contributed by atoms with Crippen molar-refractivity contribution in [1.82, 2.24) is 19.1 Å². The van der Waals surface area contributed by atoms with E-state index >= 15 is 0 Å². The molecule has 0 bridgehead atoms. The highest BCUT2D eigenvalue weighted by atomic mass is 15.2. The maximum absolute atomic E-state index is 5.48. The molecule has 0 amide bonds. The van der Waals surface area contributed by atoms with Gasteiger partial charge in [0, 0.05) is 37.9 Å². The standard InChI is InChI=1S/C56H34N4/c1-2-13-35(14-3-1)36-25-27-39(28-26-36)55-45-21-8-10-22-48(45)57-56(58-55)60-50-23-11-9-20-43(50)46-33-47-53(34-52(46)60)59(49-24-12-17-37-15-5-7-19-41(37)49)51-32-31-42-40-18-6-4-16-38(40)29-30-44(42)54(47)51/h1-34H. The summed E-state index contributed by atoms with van der Waals surface area (Å²) >= 11 is 0. The molecule has 10 aromatic carbocycles. The molecule has 13 rings (SSSR count). The second-order valence-electron chi connectivity index (χ2n) is 15.7. The molecule has 278 valence electrons. The highest BCUT2D eigenvalue weighted by Crippen LogP contribution is 2.44. The third-order valence-corrected chi connectivity index (χ3v) is 12.5. The van der Waals surface area contributed by atoms with Crippen molar-refractivity contribution in [3.63, 3.8) is 0 Å². The Kier molecular flexibility index (Phi) is 6.98. The fraction of sp³-hybridized carbons (Fsp3) is 0. The van der Waals surface area contributed by atoms with E-state index in [0.29, 0.717) is 5.95 Å². The van der Waals surface area contributed by atoms with E-state index in [9.17, 15) is 0 Å². The average Bonchev–Trinajstić information content (AvgIpc) is 3.82. The number of para-hydroxylation sites is 2. The maximum Gasteiger partial charge on any atom is 0.235 e. The van der Waals surface area contributed by atoms with Gasteiger partial charge in [-0.1, -0.05) is 170 Å². The van der Waals surface area contributed by atoms with Crippen LogP contribution in [0.2, 0.25) is 0 Å². The van der Waals surface area contributed by atoms with E-state index in [1.807, 2.05) is 0 Å². The minimum atomic E-state index is 0.645. The van der Waals surface area contributed by atoms with Crippen LogP contribution in [0.1, 0.15) is 0 Å². The van der Waals surface area contributed by atoms with Crippen LogP contribution in [0.15, 0.2) is 206 Å². The van der Waals surface area contributed by atoms with Gasteiger partial charge in [-0.3, -0.25) is 4.57 Å². The summed E-state index contributed by atoms with van der Waals surface area (Å²) in [5.41, 5.74) is 10.8. The minimum absolute atomic E-state index is 0.645. The number of hydrogen-bond acceptors (Lipinski definition) is 2. The molecule has 0 N–H and O–H groups in total. The van der Waals surface area contributed by atoms with Crippen LogP contribution in [0, 0.1) is 0 Å². The van der Waals surface area contributed by atoms with E-state index < -0.39 is 0 Å². The molecular formula is C56H34N4. The van der Waals surface area contributed by atoms with Crippen molar-refractivity contribution < 1.29 is 0 Å². The average molecular weight is 763 g/mol. The molecule has 0 saturated carbocycles. The molecule has 0 aliphatic rings. The molecule has 0 atom stereocenters. The van der Waals surface area contributed by atoms with Crippen molar-refractivity contribution in [3.05, 3.63) is 206 Å². The lowest BCUT2D eigenvalue weighted by Gasteiger charge is -2.13. The van der Waals surface area contributed by atoms with Gasteiger partial charge in [0.15, 0.2) is 0 Å². The van der Waals surface area contributed by atoms with Gasteiger partial charge in [-0.25, -0.2) is 9.97 Å². The van der Waals surface area contributed by atoms with Crippen molar-refractivity contribution in [3.8, 4) is 34.0 Å². The molecule has 0 saturated heterocycles. The molecule has 13 aromatic rings. The van der Waals surface area contributed by atoms with Gasteiger partial charge in [-0.2, -0.15) is 0 Å². The molecule has 0 aliphatic heterocycles. The number of benzene rings is 10. The minimum Gasteiger partial charge on any atom is -0.309 e. The Morgan fingerprint density at radius 2 is 0.933 bits per heavy atom. The van der Waals surface area contributed by atoms with Gasteiger partial charge in [-0.05, 0) is 74.5 Å². The summed E-state index contributed by atoms with van der Waals surface area (Å²) in [6.07, 6.45) is 0. The van der Waals surface area contributed by atoms with E-state index in [0.717, 1.165) is 49.8 Å². The molecule has 0 fully saturated rings. The zero-order chi connectivity index (χ0) is 39.3. The summed E-state index contributed by atoms with van der Waals surface area (Å²) in [7, 11) is 0. The van der Waals surface area contributed by atoms with Crippen LogP contribution in [-0.4, -0.2) is 19.1 Å². The first-order chi connectivity index (χ1) is 29.8. The molecule has 0 radical (unpaired) electrons. The van der Waals surface area contributed by atoms with Gasteiger partial charge in [0.25, 0.3) is 0 Å². The Morgan fingerprint density at radius 3 is 1.78 bits per heavy atom. The van der Waals surface area contributed by atoms with Gasteiger partial charge in [0.05, 0.1) is 39.0 Å². The van der Waals surface area contributed by atoms with Gasteiger partial charge < -0.3 is 4.57 Å².